The molecule has 5 nitrogen and oxygen atoms in total. The quantitative estimate of drug-likeness (QED) is 0.354. The summed E-state index contributed by atoms with van der Waals surface area (Å²) in [7, 11) is 0. The van der Waals surface area contributed by atoms with Crippen LogP contribution in [0.3, 0.4) is 0 Å². The molecule has 2 aromatic rings. The van der Waals surface area contributed by atoms with Gasteiger partial charge < -0.3 is 25.2 Å². The molecule has 0 aromatic heterocycles. The number of hydrogen-bond donors (Lipinski definition) is 4. The van der Waals surface area contributed by atoms with Gasteiger partial charge >= 0.3 is 0 Å². The van der Waals surface area contributed by atoms with Crippen LogP contribution in [0.15, 0.2) is 53.8 Å². The third-order valence-corrected chi connectivity index (χ3v) is 5.29. The number of ether oxygens (including phenoxy) is 1. The number of benzene rings is 2. The van der Waals surface area contributed by atoms with Crippen LogP contribution in [0, 0.1) is 5.92 Å². The second kappa shape index (κ2) is 12.2. The summed E-state index contributed by atoms with van der Waals surface area (Å²) < 4.78 is 5.48. The van der Waals surface area contributed by atoms with Crippen molar-refractivity contribution in [1.29, 1.82) is 0 Å². The van der Waals surface area contributed by atoms with E-state index in [1.54, 1.807) is 24.3 Å². The van der Waals surface area contributed by atoms with Crippen molar-refractivity contribution in [2.24, 2.45) is 5.92 Å². The predicted octanol–water partition coefficient (Wildman–Crippen LogP) is 5.35. The Bertz CT molecular complexity index is 936. The summed E-state index contributed by atoms with van der Waals surface area (Å²) in [5.41, 5.74) is 4.88. The van der Waals surface area contributed by atoms with E-state index < -0.39 is 12.2 Å². The van der Waals surface area contributed by atoms with E-state index in [1.165, 1.54) is 12.1 Å². The van der Waals surface area contributed by atoms with Gasteiger partial charge in [-0.1, -0.05) is 55.2 Å². The van der Waals surface area contributed by atoms with Gasteiger partial charge in [-0.3, -0.25) is 0 Å². The first-order valence-electron chi connectivity index (χ1n) is 10.0. The molecule has 0 aliphatic heterocycles. The van der Waals surface area contributed by atoms with E-state index in [4.69, 9.17) is 33.0 Å². The zero-order valence-corrected chi connectivity index (χ0v) is 19.1. The van der Waals surface area contributed by atoms with E-state index in [-0.39, 0.29) is 41.9 Å². The molecule has 168 valence electrons. The first-order chi connectivity index (χ1) is 14.7. The molecule has 2 aromatic carbocycles. The third-order valence-electron chi connectivity index (χ3n) is 4.78. The van der Waals surface area contributed by atoms with E-state index >= 15 is 0 Å². The van der Waals surface area contributed by atoms with E-state index in [2.05, 4.69) is 5.73 Å². The zero-order valence-electron chi connectivity index (χ0n) is 17.6. The van der Waals surface area contributed by atoms with Crippen LogP contribution >= 0.6 is 23.2 Å². The summed E-state index contributed by atoms with van der Waals surface area (Å²) in [6, 6.07) is 10.0. The minimum absolute atomic E-state index is 0.0809. The van der Waals surface area contributed by atoms with Gasteiger partial charge in [0.2, 0.25) is 0 Å². The lowest BCUT2D eigenvalue weighted by atomic mass is 9.94. The predicted molar refractivity (Wildman–Crippen MR) is 123 cm³/mol. The van der Waals surface area contributed by atoms with E-state index in [1.807, 2.05) is 19.9 Å². The van der Waals surface area contributed by atoms with Crippen molar-refractivity contribution in [2.45, 2.75) is 38.9 Å². The van der Waals surface area contributed by atoms with Crippen molar-refractivity contribution in [2.75, 3.05) is 13.2 Å². The fourth-order valence-electron chi connectivity index (χ4n) is 3.09. The molecule has 4 N–H and O–H groups in total. The molecule has 0 aliphatic carbocycles. The maximum Gasteiger partial charge on any atom is 0.140 e. The van der Waals surface area contributed by atoms with Crippen LogP contribution in [0.5, 0.6) is 11.5 Å². The van der Waals surface area contributed by atoms with Crippen molar-refractivity contribution in [1.82, 2.24) is 0 Å². The number of phenolic OH excluding ortho intramolecular Hbond substituents is 1. The lowest BCUT2D eigenvalue weighted by Crippen LogP contribution is -2.06. The van der Waals surface area contributed by atoms with Gasteiger partial charge in [-0.05, 0) is 35.8 Å². The Labute approximate surface area is 192 Å². The number of aliphatic hydroxyl groups is 3. The van der Waals surface area contributed by atoms with E-state index in [0.29, 0.717) is 22.8 Å². The number of para-hydroxylation sites is 1. The molecule has 0 aliphatic rings. The number of rotatable bonds is 10. The Morgan fingerprint density at radius 1 is 1.10 bits per heavy atom. The summed E-state index contributed by atoms with van der Waals surface area (Å²) >= 11 is 12.0. The Morgan fingerprint density at radius 2 is 1.81 bits per heavy atom. The van der Waals surface area contributed by atoms with E-state index in [9.17, 15) is 15.3 Å². The molecule has 0 spiro atoms. The minimum Gasteiger partial charge on any atom is -0.506 e. The average Bonchev–Trinajstić information content (AvgIpc) is 2.73. The van der Waals surface area contributed by atoms with Gasteiger partial charge in [-0.2, -0.15) is 0 Å². The normalized spacial score (nSPS) is 12.9. The van der Waals surface area contributed by atoms with Gasteiger partial charge in [0.25, 0.3) is 0 Å². The van der Waals surface area contributed by atoms with Crippen LogP contribution < -0.4 is 4.74 Å². The standard InChI is InChI=1S/C24H28Cl2O5/c1-15(2)16(12-22(29)19-13-17(25)14-20(26)24(19)30)6-5-8-21(28)18-7-3-4-9-23(18)31-11-10-27/h3-5,7,9,13-15,21-22,27-30H,8,10-12H2,1-2H3/t6?,21-,22-/m0/s1. The van der Waals surface area contributed by atoms with Gasteiger partial charge in [-0.15, -0.1) is 5.73 Å². The highest BCUT2D eigenvalue weighted by atomic mass is 35.5. The molecule has 0 heterocycles. The molecule has 0 unspecified atom stereocenters. The highest BCUT2D eigenvalue weighted by Gasteiger charge is 2.19. The lowest BCUT2D eigenvalue weighted by Gasteiger charge is -2.17. The Morgan fingerprint density at radius 3 is 2.48 bits per heavy atom. The van der Waals surface area contributed by atoms with Crippen LogP contribution in [0.25, 0.3) is 0 Å². The number of aromatic hydroxyl groups is 1. The van der Waals surface area contributed by atoms with Crippen molar-refractivity contribution in [3.8, 4) is 11.5 Å². The highest BCUT2D eigenvalue weighted by Crippen LogP contribution is 2.37. The van der Waals surface area contributed by atoms with Gasteiger partial charge in [0.15, 0.2) is 0 Å². The maximum absolute atomic E-state index is 10.6. The smallest absolute Gasteiger partial charge is 0.140 e. The maximum atomic E-state index is 10.6. The van der Waals surface area contributed by atoms with Crippen LogP contribution in [0.1, 0.15) is 50.0 Å². The molecule has 2 atom stereocenters. The summed E-state index contributed by atoms with van der Waals surface area (Å²) in [5.74, 6) is 0.412. The van der Waals surface area contributed by atoms with Crippen molar-refractivity contribution in [3.05, 3.63) is 75.0 Å². The van der Waals surface area contributed by atoms with E-state index in [0.717, 1.165) is 5.57 Å². The molecular formula is C24H28Cl2O5. The van der Waals surface area contributed by atoms with Crippen LogP contribution in [0.2, 0.25) is 10.0 Å². The Balaban J connectivity index is 2.17. The highest BCUT2D eigenvalue weighted by molar-refractivity contribution is 6.35. The molecular weight excluding hydrogens is 439 g/mol. The SMILES string of the molecule is CC(C)C(=C=CC[C@H](O)c1ccccc1OCCO)C[C@H](O)c1cc(Cl)cc(Cl)c1O. The molecule has 0 saturated carbocycles. The lowest BCUT2D eigenvalue weighted by molar-refractivity contribution is 0.166. The number of phenols is 1. The number of aliphatic hydroxyl groups excluding tert-OH is 3. The fourth-order valence-corrected chi connectivity index (χ4v) is 3.60. The summed E-state index contributed by atoms with van der Waals surface area (Å²) in [5, 5.41) is 40.7. The monoisotopic (exact) mass is 466 g/mol. The first kappa shape index (κ1) is 25.3. The topological polar surface area (TPSA) is 90.2 Å². The van der Waals surface area contributed by atoms with Crippen LogP contribution in [-0.4, -0.2) is 33.6 Å². The second-order valence-corrected chi connectivity index (χ2v) is 8.28. The largest absolute Gasteiger partial charge is 0.506 e. The van der Waals surface area contributed by atoms with Gasteiger partial charge in [0, 0.05) is 29.0 Å². The molecule has 7 heteroatoms. The zero-order chi connectivity index (χ0) is 23.0. The van der Waals surface area contributed by atoms with Gasteiger partial charge in [0.05, 0.1) is 23.8 Å². The molecule has 0 saturated heterocycles. The molecule has 0 radical (unpaired) electrons. The summed E-state index contributed by atoms with van der Waals surface area (Å²) in [4.78, 5) is 0. The third kappa shape index (κ3) is 7.29. The Hall–Kier alpha value is -1.98. The van der Waals surface area contributed by atoms with Gasteiger partial charge in [0.1, 0.15) is 18.1 Å². The summed E-state index contributed by atoms with van der Waals surface area (Å²) in [6.45, 7) is 3.99. The van der Waals surface area contributed by atoms with Crippen LogP contribution in [-0.2, 0) is 0 Å². The summed E-state index contributed by atoms with van der Waals surface area (Å²) in [6.07, 6.45) is 0.425. The number of hydrogen-bond acceptors (Lipinski definition) is 5. The minimum atomic E-state index is -1.01. The van der Waals surface area contributed by atoms with Crippen LogP contribution in [0.4, 0.5) is 0 Å². The second-order valence-electron chi connectivity index (χ2n) is 7.44. The van der Waals surface area contributed by atoms with Crippen molar-refractivity contribution >= 4 is 23.2 Å². The molecule has 0 bridgehead atoms. The number of halogens is 2. The molecule has 0 amide bonds. The van der Waals surface area contributed by atoms with Gasteiger partial charge in [-0.25, -0.2) is 0 Å². The van der Waals surface area contributed by atoms with Crippen molar-refractivity contribution in [3.63, 3.8) is 0 Å². The molecule has 2 rings (SSSR count). The average molecular weight is 467 g/mol. The molecule has 31 heavy (non-hydrogen) atoms. The Kier molecular flexibility index (Phi) is 9.92. The first-order valence-corrected chi connectivity index (χ1v) is 10.8. The fraction of sp³-hybridized carbons (Fsp3) is 0.375. The molecule has 0 fully saturated rings. The van der Waals surface area contributed by atoms with Crippen molar-refractivity contribution < 1.29 is 25.2 Å².